The standard InChI is InChI=1S/C10H18O5/c1-4-8(14-3)7(10(12)13)6-9(11)15-5-2/h7-8H,4-6H2,1-3H3,(H,12,13). The Bertz CT molecular complexity index is 210. The molecule has 0 aliphatic heterocycles. The summed E-state index contributed by atoms with van der Waals surface area (Å²) in [6, 6.07) is 0. The predicted molar refractivity (Wildman–Crippen MR) is 53.5 cm³/mol. The van der Waals surface area contributed by atoms with Crippen molar-refractivity contribution in [3.8, 4) is 0 Å². The van der Waals surface area contributed by atoms with E-state index in [2.05, 4.69) is 0 Å². The fourth-order valence-electron chi connectivity index (χ4n) is 1.39. The number of carboxylic acids is 1. The van der Waals surface area contributed by atoms with Crippen LogP contribution in [0.25, 0.3) is 0 Å². The highest BCUT2D eigenvalue weighted by Crippen LogP contribution is 2.16. The van der Waals surface area contributed by atoms with E-state index in [1.165, 1.54) is 7.11 Å². The summed E-state index contributed by atoms with van der Waals surface area (Å²) in [4.78, 5) is 22.1. The number of hydrogen-bond donors (Lipinski definition) is 1. The number of hydrogen-bond acceptors (Lipinski definition) is 4. The third kappa shape index (κ3) is 4.78. The first-order chi connectivity index (χ1) is 7.06. The van der Waals surface area contributed by atoms with Gasteiger partial charge in [-0.25, -0.2) is 0 Å². The van der Waals surface area contributed by atoms with Gasteiger partial charge in [-0.05, 0) is 13.3 Å². The normalized spacial score (nSPS) is 14.3. The molecule has 0 heterocycles. The predicted octanol–water partition coefficient (Wildman–Crippen LogP) is 1.07. The average Bonchev–Trinajstić information content (AvgIpc) is 2.18. The Balaban J connectivity index is 4.39. The molecule has 0 saturated heterocycles. The van der Waals surface area contributed by atoms with Gasteiger partial charge in [0.15, 0.2) is 0 Å². The van der Waals surface area contributed by atoms with Crippen molar-refractivity contribution in [3.63, 3.8) is 0 Å². The third-order valence-corrected chi connectivity index (χ3v) is 2.16. The van der Waals surface area contributed by atoms with Gasteiger partial charge in [-0.1, -0.05) is 6.92 Å². The molecule has 2 atom stereocenters. The lowest BCUT2D eigenvalue weighted by Gasteiger charge is -2.20. The van der Waals surface area contributed by atoms with Gasteiger partial charge >= 0.3 is 11.9 Å². The fraction of sp³-hybridized carbons (Fsp3) is 0.800. The molecule has 0 bridgehead atoms. The lowest BCUT2D eigenvalue weighted by Crippen LogP contribution is -2.32. The van der Waals surface area contributed by atoms with Gasteiger partial charge in [0, 0.05) is 7.11 Å². The summed E-state index contributed by atoms with van der Waals surface area (Å²) in [5.74, 6) is -2.36. The van der Waals surface area contributed by atoms with E-state index in [0.717, 1.165) is 0 Å². The van der Waals surface area contributed by atoms with Crippen LogP contribution in [0, 0.1) is 5.92 Å². The van der Waals surface area contributed by atoms with Crippen molar-refractivity contribution < 1.29 is 24.2 Å². The molecular formula is C10H18O5. The van der Waals surface area contributed by atoms with Crippen LogP contribution >= 0.6 is 0 Å². The van der Waals surface area contributed by atoms with Gasteiger partial charge < -0.3 is 14.6 Å². The van der Waals surface area contributed by atoms with Crippen molar-refractivity contribution >= 4 is 11.9 Å². The second-order valence-electron chi connectivity index (χ2n) is 3.14. The van der Waals surface area contributed by atoms with Crippen molar-refractivity contribution in [2.24, 2.45) is 5.92 Å². The summed E-state index contributed by atoms with van der Waals surface area (Å²) >= 11 is 0. The molecule has 0 aromatic rings. The summed E-state index contributed by atoms with van der Waals surface area (Å²) in [7, 11) is 1.44. The van der Waals surface area contributed by atoms with Gasteiger partial charge in [0.2, 0.25) is 0 Å². The summed E-state index contributed by atoms with van der Waals surface area (Å²) < 4.78 is 9.72. The Kier molecular flexibility index (Phi) is 6.70. The van der Waals surface area contributed by atoms with Crippen LogP contribution in [0.15, 0.2) is 0 Å². The van der Waals surface area contributed by atoms with Crippen molar-refractivity contribution in [1.82, 2.24) is 0 Å². The molecule has 0 aromatic heterocycles. The number of ether oxygens (including phenoxy) is 2. The van der Waals surface area contributed by atoms with E-state index in [1.54, 1.807) is 6.92 Å². The number of methoxy groups -OCH3 is 1. The molecule has 0 rings (SSSR count). The highest BCUT2D eigenvalue weighted by atomic mass is 16.5. The molecule has 0 aliphatic carbocycles. The quantitative estimate of drug-likeness (QED) is 0.647. The highest BCUT2D eigenvalue weighted by Gasteiger charge is 2.29. The maximum absolute atomic E-state index is 11.2. The van der Waals surface area contributed by atoms with Gasteiger partial charge in [0.1, 0.15) is 0 Å². The zero-order chi connectivity index (χ0) is 11.8. The third-order valence-electron chi connectivity index (χ3n) is 2.16. The molecule has 15 heavy (non-hydrogen) atoms. The van der Waals surface area contributed by atoms with Crippen LogP contribution in [0.1, 0.15) is 26.7 Å². The summed E-state index contributed by atoms with van der Waals surface area (Å²) in [5, 5.41) is 8.94. The minimum atomic E-state index is -1.03. The van der Waals surface area contributed by atoms with Gasteiger partial charge in [0.05, 0.1) is 25.0 Å². The monoisotopic (exact) mass is 218 g/mol. The average molecular weight is 218 g/mol. The zero-order valence-corrected chi connectivity index (χ0v) is 9.36. The van der Waals surface area contributed by atoms with Crippen LogP contribution in [-0.4, -0.2) is 36.9 Å². The lowest BCUT2D eigenvalue weighted by molar-refractivity contribution is -0.155. The van der Waals surface area contributed by atoms with E-state index in [1.807, 2.05) is 6.92 Å². The molecule has 2 unspecified atom stereocenters. The maximum atomic E-state index is 11.2. The maximum Gasteiger partial charge on any atom is 0.309 e. The second-order valence-corrected chi connectivity index (χ2v) is 3.14. The van der Waals surface area contributed by atoms with Gasteiger partial charge in [-0.2, -0.15) is 0 Å². The number of esters is 1. The Morgan fingerprint density at radius 3 is 2.27 bits per heavy atom. The van der Waals surface area contributed by atoms with Crippen LogP contribution in [0.5, 0.6) is 0 Å². The van der Waals surface area contributed by atoms with Gasteiger partial charge in [-0.3, -0.25) is 9.59 Å². The van der Waals surface area contributed by atoms with Gasteiger partial charge in [-0.15, -0.1) is 0 Å². The van der Waals surface area contributed by atoms with E-state index in [9.17, 15) is 9.59 Å². The Morgan fingerprint density at radius 1 is 1.33 bits per heavy atom. The van der Waals surface area contributed by atoms with Gasteiger partial charge in [0.25, 0.3) is 0 Å². The van der Waals surface area contributed by atoms with Crippen molar-refractivity contribution in [3.05, 3.63) is 0 Å². The summed E-state index contributed by atoms with van der Waals surface area (Å²) in [6.45, 7) is 3.76. The smallest absolute Gasteiger partial charge is 0.309 e. The molecule has 0 fully saturated rings. The molecule has 0 aromatic carbocycles. The van der Waals surface area contributed by atoms with E-state index in [0.29, 0.717) is 6.42 Å². The minimum absolute atomic E-state index is 0.143. The number of carbonyl (C=O) groups excluding carboxylic acids is 1. The minimum Gasteiger partial charge on any atom is -0.481 e. The molecule has 1 N–H and O–H groups in total. The van der Waals surface area contributed by atoms with Crippen molar-refractivity contribution in [1.29, 1.82) is 0 Å². The first kappa shape index (κ1) is 13.9. The lowest BCUT2D eigenvalue weighted by atomic mass is 9.97. The molecule has 0 radical (unpaired) electrons. The first-order valence-corrected chi connectivity index (χ1v) is 4.97. The molecule has 0 aliphatic rings. The number of rotatable bonds is 7. The first-order valence-electron chi connectivity index (χ1n) is 4.97. The van der Waals surface area contributed by atoms with Crippen LogP contribution in [0.3, 0.4) is 0 Å². The molecule has 5 nitrogen and oxygen atoms in total. The second kappa shape index (κ2) is 7.23. The largest absolute Gasteiger partial charge is 0.481 e. The van der Waals surface area contributed by atoms with E-state index < -0.39 is 24.0 Å². The highest BCUT2D eigenvalue weighted by molar-refractivity contribution is 5.79. The topological polar surface area (TPSA) is 72.8 Å². The van der Waals surface area contributed by atoms with Crippen LogP contribution in [0.4, 0.5) is 0 Å². The van der Waals surface area contributed by atoms with E-state index in [-0.39, 0.29) is 13.0 Å². The van der Waals surface area contributed by atoms with Crippen LogP contribution in [0.2, 0.25) is 0 Å². The number of aliphatic carboxylic acids is 1. The Labute approximate surface area is 89.4 Å². The molecular weight excluding hydrogens is 200 g/mol. The molecule has 0 amide bonds. The van der Waals surface area contributed by atoms with E-state index in [4.69, 9.17) is 14.6 Å². The SMILES string of the molecule is CCOC(=O)CC(C(=O)O)C(CC)OC. The van der Waals surface area contributed by atoms with Crippen LogP contribution in [-0.2, 0) is 19.1 Å². The number of carbonyl (C=O) groups is 2. The molecule has 5 heteroatoms. The van der Waals surface area contributed by atoms with Crippen molar-refractivity contribution in [2.45, 2.75) is 32.8 Å². The molecule has 88 valence electrons. The summed E-state index contributed by atoms with van der Waals surface area (Å²) in [5.41, 5.74) is 0. The van der Waals surface area contributed by atoms with E-state index >= 15 is 0 Å². The van der Waals surface area contributed by atoms with Crippen molar-refractivity contribution in [2.75, 3.05) is 13.7 Å². The van der Waals surface area contributed by atoms with Crippen LogP contribution < -0.4 is 0 Å². The molecule has 0 spiro atoms. The Morgan fingerprint density at radius 2 is 1.93 bits per heavy atom. The molecule has 0 saturated carbocycles. The number of carboxylic acid groups (broad SMARTS) is 1. The Hall–Kier alpha value is -1.10. The fourth-order valence-corrected chi connectivity index (χ4v) is 1.39. The summed E-state index contributed by atoms with van der Waals surface area (Å²) in [6.07, 6.45) is -0.0468. The zero-order valence-electron chi connectivity index (χ0n) is 9.36.